The molecule has 0 bridgehead atoms. The topological polar surface area (TPSA) is 55.5 Å². The summed E-state index contributed by atoms with van der Waals surface area (Å²) in [6, 6.07) is 37.1. The van der Waals surface area contributed by atoms with Crippen LogP contribution < -0.4 is 15.9 Å². The smallest absolute Gasteiger partial charge is 0.258 e. The van der Waals surface area contributed by atoms with Gasteiger partial charge in [0.1, 0.15) is 0 Å². The van der Waals surface area contributed by atoms with E-state index < -0.39 is 7.05 Å². The van der Waals surface area contributed by atoms with Crippen molar-refractivity contribution in [2.75, 3.05) is 0 Å². The first-order valence-corrected chi connectivity index (χ1v) is 11.0. The van der Waals surface area contributed by atoms with Crippen LogP contribution in [0.3, 0.4) is 0 Å². The summed E-state index contributed by atoms with van der Waals surface area (Å²) >= 11 is 0. The van der Waals surface area contributed by atoms with Gasteiger partial charge in [0, 0.05) is 28.0 Å². The van der Waals surface area contributed by atoms with Gasteiger partial charge in [-0.1, -0.05) is 97.1 Å². The number of benzene rings is 4. The zero-order valence-corrected chi connectivity index (χ0v) is 16.5. The van der Waals surface area contributed by atoms with Gasteiger partial charge in [-0.3, -0.25) is 14.9 Å². The molecular weight excluding hydrogens is 379 g/mol. The third kappa shape index (κ3) is 3.75. The fraction of sp³-hybridized carbons (Fsp3) is 0. The summed E-state index contributed by atoms with van der Waals surface area (Å²) in [5.74, 6) is 0. The fourth-order valence-electron chi connectivity index (χ4n) is 3.39. The van der Waals surface area contributed by atoms with Crippen molar-refractivity contribution in [1.82, 2.24) is 0 Å². The highest BCUT2D eigenvalue weighted by Crippen LogP contribution is 2.49. The predicted molar refractivity (Wildman–Crippen MR) is 120 cm³/mol. The number of non-ortho nitro benzene ring substituents is 1. The fourth-order valence-corrected chi connectivity index (χ4v) is 6.92. The molecule has 142 valence electrons. The molecule has 4 aromatic carbocycles. The van der Waals surface area contributed by atoms with Crippen molar-refractivity contribution in [3.05, 3.63) is 125 Å². The molecule has 0 aliphatic heterocycles. The second kappa shape index (κ2) is 8.26. The third-order valence-corrected chi connectivity index (χ3v) is 8.36. The summed E-state index contributed by atoms with van der Waals surface area (Å²) in [6.45, 7) is 0. The molecule has 0 heterocycles. The van der Waals surface area contributed by atoms with Gasteiger partial charge in [-0.2, -0.15) is 0 Å². The highest BCUT2D eigenvalue weighted by atomic mass is 31.2. The van der Waals surface area contributed by atoms with E-state index in [1.54, 1.807) is 12.1 Å². The van der Waals surface area contributed by atoms with E-state index in [-0.39, 0.29) is 10.6 Å². The molecule has 0 spiro atoms. The highest BCUT2D eigenvalue weighted by molar-refractivity contribution is 7.87. The molecule has 0 saturated carbocycles. The summed E-state index contributed by atoms with van der Waals surface area (Å²) in [6.07, 6.45) is 0. The van der Waals surface area contributed by atoms with E-state index in [4.69, 9.17) is 4.74 Å². The molecule has 5 heteroatoms. The lowest BCUT2D eigenvalue weighted by Crippen LogP contribution is -2.25. The van der Waals surface area contributed by atoms with Crippen LogP contribution in [0.4, 0.5) is 11.4 Å². The van der Waals surface area contributed by atoms with E-state index in [2.05, 4.69) is 36.4 Å². The molecule has 4 aromatic rings. The van der Waals surface area contributed by atoms with Crippen LogP contribution in [0.2, 0.25) is 0 Å². The number of nitro groups is 1. The summed E-state index contributed by atoms with van der Waals surface area (Å²) in [5.41, 5.74) is 0.641. The van der Waals surface area contributed by atoms with Crippen molar-refractivity contribution < 1.29 is 4.92 Å². The van der Waals surface area contributed by atoms with Gasteiger partial charge in [0.05, 0.1) is 17.7 Å². The van der Waals surface area contributed by atoms with Crippen LogP contribution in [0.15, 0.2) is 120 Å². The number of nitrogens with zero attached hydrogens (tertiary/aromatic N) is 2. The molecule has 0 radical (unpaired) electrons. The first kappa shape index (κ1) is 18.9. The lowest BCUT2D eigenvalue weighted by molar-refractivity contribution is -0.384. The molecule has 0 atom stereocenters. The minimum absolute atomic E-state index is 0.0403. The second-order valence-electron chi connectivity index (χ2n) is 6.52. The summed E-state index contributed by atoms with van der Waals surface area (Å²) in [7, 11) is -2.42. The van der Waals surface area contributed by atoms with Crippen LogP contribution in [0.5, 0.6) is 0 Å². The normalized spacial score (nSPS) is 11.0. The zero-order valence-electron chi connectivity index (χ0n) is 15.6. The summed E-state index contributed by atoms with van der Waals surface area (Å²) < 4.78 is 5.25. The molecule has 4 nitrogen and oxygen atoms in total. The van der Waals surface area contributed by atoms with Crippen molar-refractivity contribution >= 4 is 34.3 Å². The van der Waals surface area contributed by atoms with Crippen molar-refractivity contribution in [2.45, 2.75) is 0 Å². The predicted octanol–water partition coefficient (Wildman–Crippen LogP) is 5.40. The maximum Gasteiger partial charge on any atom is 0.271 e. The number of hydrogen-bond acceptors (Lipinski definition) is 3. The van der Waals surface area contributed by atoms with Gasteiger partial charge >= 0.3 is 0 Å². The monoisotopic (exact) mass is 398 g/mol. The minimum atomic E-state index is -2.42. The average molecular weight is 398 g/mol. The van der Waals surface area contributed by atoms with Crippen molar-refractivity contribution in [3.8, 4) is 0 Å². The molecule has 29 heavy (non-hydrogen) atoms. The van der Waals surface area contributed by atoms with Gasteiger partial charge in [-0.05, 0) is 6.07 Å². The maximum atomic E-state index is 11.3. The van der Waals surface area contributed by atoms with Crippen molar-refractivity contribution in [1.29, 1.82) is 0 Å². The van der Waals surface area contributed by atoms with Gasteiger partial charge in [0.2, 0.25) is 0 Å². The van der Waals surface area contributed by atoms with E-state index in [1.165, 1.54) is 6.07 Å². The first-order valence-electron chi connectivity index (χ1n) is 9.24. The molecule has 4 rings (SSSR count). The molecule has 0 amide bonds. The van der Waals surface area contributed by atoms with E-state index in [9.17, 15) is 10.1 Å². The van der Waals surface area contributed by atoms with Crippen LogP contribution >= 0.6 is 7.05 Å². The Bertz CT molecular complexity index is 1070. The van der Waals surface area contributed by atoms with Crippen LogP contribution in [-0.2, 0) is 0 Å². The third-order valence-electron chi connectivity index (χ3n) is 4.70. The molecule has 0 fully saturated rings. The van der Waals surface area contributed by atoms with E-state index in [0.29, 0.717) is 5.69 Å². The van der Waals surface area contributed by atoms with Gasteiger partial charge in [-0.15, -0.1) is 0 Å². The Balaban J connectivity index is 2.11. The average Bonchev–Trinajstić information content (AvgIpc) is 2.79. The van der Waals surface area contributed by atoms with Gasteiger partial charge < -0.3 is 0 Å². The molecule has 0 saturated heterocycles. The highest BCUT2D eigenvalue weighted by Gasteiger charge is 2.27. The van der Waals surface area contributed by atoms with Crippen LogP contribution in [0.1, 0.15) is 0 Å². The molecular formula is C24H19N2O2P. The molecule has 0 aliphatic carbocycles. The van der Waals surface area contributed by atoms with Crippen LogP contribution in [0.25, 0.3) is 0 Å². The number of nitro benzene ring substituents is 1. The Morgan fingerprint density at radius 2 is 1.07 bits per heavy atom. The minimum Gasteiger partial charge on any atom is -0.258 e. The van der Waals surface area contributed by atoms with E-state index in [1.807, 2.05) is 60.7 Å². The van der Waals surface area contributed by atoms with Crippen molar-refractivity contribution in [3.63, 3.8) is 0 Å². The Labute approximate surface area is 169 Å². The van der Waals surface area contributed by atoms with Crippen LogP contribution in [0, 0.1) is 10.1 Å². The molecule has 0 unspecified atom stereocenters. The lowest BCUT2D eigenvalue weighted by Gasteiger charge is -2.26. The second-order valence-corrected chi connectivity index (χ2v) is 9.54. The summed E-state index contributed by atoms with van der Waals surface area (Å²) in [4.78, 5) is 10.9. The standard InChI is InChI=1S/C24H19N2O2P/c27-26(28)21-12-10-11-20(19-21)25-29(22-13-4-1-5-14-22,23-15-6-2-7-16-23)24-17-8-3-9-18-24/h1-19H. The van der Waals surface area contributed by atoms with E-state index >= 15 is 0 Å². The summed E-state index contributed by atoms with van der Waals surface area (Å²) in [5, 5.41) is 14.6. The number of rotatable bonds is 5. The quantitative estimate of drug-likeness (QED) is 0.257. The maximum absolute atomic E-state index is 11.3. The lowest BCUT2D eigenvalue weighted by atomic mass is 10.3. The Morgan fingerprint density at radius 3 is 1.48 bits per heavy atom. The number of hydrogen-bond donors (Lipinski definition) is 0. The largest absolute Gasteiger partial charge is 0.271 e. The van der Waals surface area contributed by atoms with Gasteiger partial charge in [0.25, 0.3) is 5.69 Å². The van der Waals surface area contributed by atoms with Gasteiger partial charge in [0.15, 0.2) is 0 Å². The molecule has 0 aliphatic rings. The Kier molecular flexibility index (Phi) is 5.37. The SMILES string of the molecule is O=[N+]([O-])c1cccc(N=P(c2ccccc2)(c2ccccc2)c2ccccc2)c1. The van der Waals surface area contributed by atoms with Crippen LogP contribution in [-0.4, -0.2) is 4.92 Å². The zero-order chi connectivity index (χ0) is 20.1. The Morgan fingerprint density at radius 1 is 0.621 bits per heavy atom. The molecule has 0 N–H and O–H groups in total. The van der Waals surface area contributed by atoms with Gasteiger partial charge in [-0.25, -0.2) is 0 Å². The van der Waals surface area contributed by atoms with E-state index in [0.717, 1.165) is 15.9 Å². The molecule has 0 aromatic heterocycles. The van der Waals surface area contributed by atoms with Crippen molar-refractivity contribution in [2.24, 2.45) is 4.74 Å². The first-order chi connectivity index (χ1) is 14.2. The Hall–Kier alpha value is -3.49.